The lowest BCUT2D eigenvalue weighted by molar-refractivity contribution is 0.251. The summed E-state index contributed by atoms with van der Waals surface area (Å²) in [7, 11) is 3.91. The summed E-state index contributed by atoms with van der Waals surface area (Å²) in [5, 5.41) is 17.3. The zero-order chi connectivity index (χ0) is 22.2. The second-order valence-corrected chi connectivity index (χ2v) is 7.95. The minimum atomic E-state index is -0.211. The minimum absolute atomic E-state index is 0.211. The van der Waals surface area contributed by atoms with Crippen LogP contribution in [0.2, 0.25) is 0 Å². The van der Waals surface area contributed by atoms with Gasteiger partial charge in [0.25, 0.3) is 0 Å². The number of nitrogens with zero attached hydrogens (tertiary/aromatic N) is 5. The highest BCUT2D eigenvalue weighted by Gasteiger charge is 2.08. The van der Waals surface area contributed by atoms with Crippen LogP contribution in [-0.4, -0.2) is 51.3 Å². The maximum Gasteiger partial charge on any atom is 0.319 e. The number of urea groups is 1. The normalized spacial score (nSPS) is 11.0. The maximum absolute atomic E-state index is 12.2. The van der Waals surface area contributed by atoms with Crippen molar-refractivity contribution in [2.45, 2.75) is 33.2 Å². The smallest absolute Gasteiger partial charge is 0.319 e. The molecule has 0 saturated heterocycles. The molecule has 2 amide bonds. The molecular weight excluding hydrogens is 390 g/mol. The number of rotatable bonds is 9. The molecule has 2 N–H and O–H groups in total. The van der Waals surface area contributed by atoms with Crippen LogP contribution in [0.5, 0.6) is 0 Å². The van der Waals surface area contributed by atoms with Gasteiger partial charge in [-0.25, -0.2) is 9.48 Å². The van der Waals surface area contributed by atoms with Gasteiger partial charge in [0, 0.05) is 31.4 Å². The monoisotopic (exact) mass is 421 g/mol. The van der Waals surface area contributed by atoms with Gasteiger partial charge in [-0.3, -0.25) is 0 Å². The van der Waals surface area contributed by atoms with Gasteiger partial charge in [-0.05, 0) is 79.5 Å². The van der Waals surface area contributed by atoms with Gasteiger partial charge in [0.2, 0.25) is 0 Å². The number of unbranched alkanes of at least 4 members (excludes halogenated alkanes) is 1. The number of nitrogens with one attached hydrogen (secondary N) is 2. The Labute approximate surface area is 183 Å². The third kappa shape index (κ3) is 6.62. The predicted molar refractivity (Wildman–Crippen MR) is 123 cm³/mol. The quantitative estimate of drug-likeness (QED) is 0.516. The standard InChI is InChI=1S/C23H31N7O/c1-17-10-11-19(14-18(17)2)16-29(3)13-6-5-12-24-23(31)25-21-9-7-8-20(15-21)22-26-27-28-30(22)4/h7-11,14-15H,5-6,12-13,16H2,1-4H3,(H2,24,25,31). The topological polar surface area (TPSA) is 88.0 Å². The fraction of sp³-hybridized carbons (Fsp3) is 0.391. The molecule has 0 radical (unpaired) electrons. The van der Waals surface area contributed by atoms with E-state index in [0.717, 1.165) is 31.5 Å². The highest BCUT2D eigenvalue weighted by molar-refractivity contribution is 5.89. The summed E-state index contributed by atoms with van der Waals surface area (Å²) in [6, 6.07) is 13.9. The lowest BCUT2D eigenvalue weighted by atomic mass is 10.1. The molecule has 8 nitrogen and oxygen atoms in total. The Hall–Kier alpha value is -3.26. The third-order valence-electron chi connectivity index (χ3n) is 5.27. The summed E-state index contributed by atoms with van der Waals surface area (Å²) in [5.41, 5.74) is 5.54. The first kappa shape index (κ1) is 22.4. The van der Waals surface area contributed by atoms with Crippen LogP contribution >= 0.6 is 0 Å². The van der Waals surface area contributed by atoms with Gasteiger partial charge in [-0.15, -0.1) is 5.10 Å². The molecule has 0 fully saturated rings. The number of carbonyl (C=O) groups is 1. The van der Waals surface area contributed by atoms with E-state index in [1.807, 2.05) is 24.3 Å². The molecule has 3 rings (SSSR count). The lowest BCUT2D eigenvalue weighted by Crippen LogP contribution is -2.30. The fourth-order valence-corrected chi connectivity index (χ4v) is 3.39. The first-order valence-corrected chi connectivity index (χ1v) is 10.5. The second-order valence-electron chi connectivity index (χ2n) is 7.95. The van der Waals surface area contributed by atoms with Crippen LogP contribution in [0.3, 0.4) is 0 Å². The Morgan fingerprint density at radius 1 is 1.10 bits per heavy atom. The van der Waals surface area contributed by atoms with E-state index in [1.165, 1.54) is 16.7 Å². The van der Waals surface area contributed by atoms with Gasteiger partial charge in [0.15, 0.2) is 5.82 Å². The van der Waals surface area contributed by atoms with Crippen molar-refractivity contribution < 1.29 is 4.79 Å². The molecule has 1 heterocycles. The van der Waals surface area contributed by atoms with Crippen molar-refractivity contribution in [1.82, 2.24) is 30.4 Å². The molecular formula is C23H31N7O. The largest absolute Gasteiger partial charge is 0.338 e. The van der Waals surface area contributed by atoms with E-state index in [9.17, 15) is 4.79 Å². The molecule has 0 atom stereocenters. The van der Waals surface area contributed by atoms with Crippen molar-refractivity contribution in [3.05, 3.63) is 59.2 Å². The highest BCUT2D eigenvalue weighted by atomic mass is 16.2. The summed E-state index contributed by atoms with van der Waals surface area (Å²) < 4.78 is 1.59. The lowest BCUT2D eigenvalue weighted by Gasteiger charge is -2.17. The molecule has 164 valence electrons. The van der Waals surface area contributed by atoms with E-state index in [-0.39, 0.29) is 6.03 Å². The van der Waals surface area contributed by atoms with Gasteiger partial charge in [-0.2, -0.15) is 0 Å². The summed E-state index contributed by atoms with van der Waals surface area (Å²) >= 11 is 0. The summed E-state index contributed by atoms with van der Waals surface area (Å²) in [5.74, 6) is 0.647. The Bertz CT molecular complexity index is 1010. The molecule has 0 aliphatic carbocycles. The zero-order valence-corrected chi connectivity index (χ0v) is 18.7. The molecule has 8 heteroatoms. The average molecular weight is 422 g/mol. The number of aryl methyl sites for hydroxylation is 3. The van der Waals surface area contributed by atoms with Gasteiger partial charge in [-0.1, -0.05) is 30.3 Å². The van der Waals surface area contributed by atoms with Crippen molar-refractivity contribution in [3.63, 3.8) is 0 Å². The molecule has 0 saturated carbocycles. The minimum Gasteiger partial charge on any atom is -0.338 e. The van der Waals surface area contributed by atoms with Crippen LogP contribution in [-0.2, 0) is 13.6 Å². The van der Waals surface area contributed by atoms with E-state index in [1.54, 1.807) is 11.7 Å². The van der Waals surface area contributed by atoms with Gasteiger partial charge in [0.05, 0.1) is 0 Å². The molecule has 0 aliphatic heterocycles. The van der Waals surface area contributed by atoms with Crippen LogP contribution in [0.4, 0.5) is 10.5 Å². The molecule has 0 spiro atoms. The summed E-state index contributed by atoms with van der Waals surface area (Å²) in [6.45, 7) is 6.85. The van der Waals surface area contributed by atoms with Crippen molar-refractivity contribution in [3.8, 4) is 11.4 Å². The van der Waals surface area contributed by atoms with Gasteiger partial charge in [0.1, 0.15) is 0 Å². The molecule has 0 unspecified atom stereocenters. The number of benzene rings is 2. The van der Waals surface area contributed by atoms with Crippen LogP contribution in [0.25, 0.3) is 11.4 Å². The number of anilines is 1. The number of hydrogen-bond donors (Lipinski definition) is 2. The van der Waals surface area contributed by atoms with E-state index < -0.39 is 0 Å². The van der Waals surface area contributed by atoms with Crippen molar-refractivity contribution in [2.75, 3.05) is 25.5 Å². The number of tetrazole rings is 1. The Balaban J connectivity index is 1.36. The van der Waals surface area contributed by atoms with E-state index in [4.69, 9.17) is 0 Å². The predicted octanol–water partition coefficient (Wildman–Crippen LogP) is 3.53. The second kappa shape index (κ2) is 10.7. The molecule has 3 aromatic rings. The SMILES string of the molecule is Cc1ccc(CN(C)CCCCNC(=O)Nc2cccc(-c3nnnn3C)c2)cc1C. The van der Waals surface area contributed by atoms with Crippen LogP contribution < -0.4 is 10.6 Å². The first-order chi connectivity index (χ1) is 14.9. The molecule has 2 aromatic carbocycles. The van der Waals surface area contributed by atoms with Crippen LogP contribution in [0, 0.1) is 13.8 Å². The van der Waals surface area contributed by atoms with Crippen LogP contribution in [0.1, 0.15) is 29.5 Å². The van der Waals surface area contributed by atoms with Crippen molar-refractivity contribution >= 4 is 11.7 Å². The average Bonchev–Trinajstić information content (AvgIpc) is 3.16. The maximum atomic E-state index is 12.2. The molecule has 0 aliphatic rings. The van der Waals surface area contributed by atoms with E-state index >= 15 is 0 Å². The van der Waals surface area contributed by atoms with Gasteiger partial charge >= 0.3 is 6.03 Å². The first-order valence-electron chi connectivity index (χ1n) is 10.5. The molecule has 0 bridgehead atoms. The Morgan fingerprint density at radius 2 is 1.94 bits per heavy atom. The van der Waals surface area contributed by atoms with E-state index in [0.29, 0.717) is 18.1 Å². The molecule has 1 aromatic heterocycles. The number of amides is 2. The molecule has 31 heavy (non-hydrogen) atoms. The zero-order valence-electron chi connectivity index (χ0n) is 18.7. The van der Waals surface area contributed by atoms with Gasteiger partial charge < -0.3 is 15.5 Å². The van der Waals surface area contributed by atoms with Crippen LogP contribution in [0.15, 0.2) is 42.5 Å². The third-order valence-corrected chi connectivity index (χ3v) is 5.27. The number of hydrogen-bond acceptors (Lipinski definition) is 5. The van der Waals surface area contributed by atoms with Crippen molar-refractivity contribution in [2.24, 2.45) is 7.05 Å². The Kier molecular flexibility index (Phi) is 7.72. The highest BCUT2D eigenvalue weighted by Crippen LogP contribution is 2.19. The fourth-order valence-electron chi connectivity index (χ4n) is 3.39. The summed E-state index contributed by atoms with van der Waals surface area (Å²) in [6.07, 6.45) is 1.95. The van der Waals surface area contributed by atoms with E-state index in [2.05, 4.69) is 70.2 Å². The summed E-state index contributed by atoms with van der Waals surface area (Å²) in [4.78, 5) is 14.5. The number of aromatic nitrogens is 4. The van der Waals surface area contributed by atoms with Crippen molar-refractivity contribution in [1.29, 1.82) is 0 Å². The number of carbonyl (C=O) groups excluding carboxylic acids is 1. The Morgan fingerprint density at radius 3 is 2.68 bits per heavy atom.